The van der Waals surface area contributed by atoms with Gasteiger partial charge in [-0.1, -0.05) is 27.7 Å². The molecule has 76 valence electrons. The molecule has 1 atom stereocenters. The molecule has 0 amide bonds. The smallest absolute Gasteiger partial charge is 0.145 e. The highest BCUT2D eigenvalue weighted by molar-refractivity contribution is 6.02. The Balaban J connectivity index is 4.18. The number of carbonyl (C=O) groups excluding carboxylic acids is 2. The summed E-state index contributed by atoms with van der Waals surface area (Å²) in [6, 6.07) is 0. The average molecular weight is 184 g/mol. The summed E-state index contributed by atoms with van der Waals surface area (Å²) >= 11 is 0. The van der Waals surface area contributed by atoms with Crippen molar-refractivity contribution in [1.29, 1.82) is 0 Å². The molecule has 0 aromatic rings. The van der Waals surface area contributed by atoms with Crippen LogP contribution in [0.3, 0.4) is 0 Å². The molecule has 0 aliphatic rings. The van der Waals surface area contributed by atoms with Gasteiger partial charge in [0.1, 0.15) is 11.6 Å². The zero-order valence-electron chi connectivity index (χ0n) is 9.26. The molecule has 1 unspecified atom stereocenters. The number of hydrogen-bond acceptors (Lipinski definition) is 2. The molecule has 0 aliphatic carbocycles. The van der Waals surface area contributed by atoms with Gasteiger partial charge in [-0.05, 0) is 12.8 Å². The standard InChI is InChI=1S/C11H20O2/c1-7(2)6-10(12)9(5)11(13)8(3)4/h7-9H,6H2,1-5H3. The van der Waals surface area contributed by atoms with Crippen LogP contribution in [-0.2, 0) is 9.59 Å². The third-order valence-corrected chi connectivity index (χ3v) is 2.09. The average Bonchev–Trinajstić information content (AvgIpc) is 2.00. The fraction of sp³-hybridized carbons (Fsp3) is 0.818. The summed E-state index contributed by atoms with van der Waals surface area (Å²) in [7, 11) is 0. The van der Waals surface area contributed by atoms with Crippen molar-refractivity contribution in [1.82, 2.24) is 0 Å². The van der Waals surface area contributed by atoms with Crippen molar-refractivity contribution in [3.8, 4) is 0 Å². The summed E-state index contributed by atoms with van der Waals surface area (Å²) in [6.45, 7) is 9.37. The largest absolute Gasteiger partial charge is 0.299 e. The van der Waals surface area contributed by atoms with Crippen LogP contribution in [-0.4, -0.2) is 11.6 Å². The molecular formula is C11H20O2. The fourth-order valence-corrected chi connectivity index (χ4v) is 1.24. The van der Waals surface area contributed by atoms with Crippen molar-refractivity contribution >= 4 is 11.6 Å². The normalized spacial score (nSPS) is 13.5. The molecule has 13 heavy (non-hydrogen) atoms. The molecule has 0 aromatic carbocycles. The van der Waals surface area contributed by atoms with E-state index >= 15 is 0 Å². The van der Waals surface area contributed by atoms with Gasteiger partial charge in [0.15, 0.2) is 0 Å². The quantitative estimate of drug-likeness (QED) is 0.615. The molecule has 0 radical (unpaired) electrons. The van der Waals surface area contributed by atoms with Gasteiger partial charge in [-0.3, -0.25) is 9.59 Å². The monoisotopic (exact) mass is 184 g/mol. The van der Waals surface area contributed by atoms with E-state index in [0.29, 0.717) is 12.3 Å². The van der Waals surface area contributed by atoms with E-state index in [-0.39, 0.29) is 17.5 Å². The lowest BCUT2D eigenvalue weighted by atomic mass is 9.89. The first-order valence-electron chi connectivity index (χ1n) is 4.92. The van der Waals surface area contributed by atoms with E-state index in [0.717, 1.165) is 0 Å². The minimum absolute atomic E-state index is 0.0360. The number of carbonyl (C=O) groups is 2. The first-order valence-corrected chi connectivity index (χ1v) is 4.92. The Morgan fingerprint density at radius 1 is 1.00 bits per heavy atom. The summed E-state index contributed by atoms with van der Waals surface area (Å²) in [4.78, 5) is 22.9. The van der Waals surface area contributed by atoms with Gasteiger partial charge in [0.2, 0.25) is 0 Å². The number of Topliss-reactive ketones (excluding diaryl/α,β-unsaturated/α-hetero) is 2. The van der Waals surface area contributed by atoms with Crippen molar-refractivity contribution in [2.75, 3.05) is 0 Å². The number of ketones is 2. The van der Waals surface area contributed by atoms with E-state index < -0.39 is 5.92 Å². The molecule has 0 aromatic heterocycles. The summed E-state index contributed by atoms with van der Waals surface area (Å²) in [5.74, 6) is 0.0303. The SMILES string of the molecule is CC(C)CC(=O)C(C)C(=O)C(C)C. The zero-order valence-corrected chi connectivity index (χ0v) is 9.26. The summed E-state index contributed by atoms with van der Waals surface area (Å²) in [5.41, 5.74) is 0. The molecule has 0 fully saturated rings. The van der Waals surface area contributed by atoms with Crippen LogP contribution in [0.5, 0.6) is 0 Å². The number of hydrogen-bond donors (Lipinski definition) is 0. The Kier molecular flexibility index (Phi) is 4.89. The molecule has 0 saturated heterocycles. The van der Waals surface area contributed by atoms with Crippen molar-refractivity contribution in [2.45, 2.75) is 41.0 Å². The van der Waals surface area contributed by atoms with Crippen molar-refractivity contribution in [2.24, 2.45) is 17.8 Å². The lowest BCUT2D eigenvalue weighted by molar-refractivity contribution is -0.134. The highest BCUT2D eigenvalue weighted by atomic mass is 16.1. The van der Waals surface area contributed by atoms with Crippen LogP contribution in [0.1, 0.15) is 41.0 Å². The van der Waals surface area contributed by atoms with Crippen LogP contribution < -0.4 is 0 Å². The predicted octanol–water partition coefficient (Wildman–Crippen LogP) is 2.46. The molecular weight excluding hydrogens is 164 g/mol. The Labute approximate surface area is 80.7 Å². The van der Waals surface area contributed by atoms with Gasteiger partial charge >= 0.3 is 0 Å². The topological polar surface area (TPSA) is 34.1 Å². The van der Waals surface area contributed by atoms with Crippen LogP contribution in [0.15, 0.2) is 0 Å². The van der Waals surface area contributed by atoms with Crippen molar-refractivity contribution in [3.63, 3.8) is 0 Å². The lowest BCUT2D eigenvalue weighted by Crippen LogP contribution is -2.25. The second-order valence-electron chi connectivity index (χ2n) is 4.34. The van der Waals surface area contributed by atoms with Gasteiger partial charge in [0.05, 0.1) is 5.92 Å². The maximum atomic E-state index is 11.5. The fourth-order valence-electron chi connectivity index (χ4n) is 1.24. The van der Waals surface area contributed by atoms with Gasteiger partial charge in [-0.25, -0.2) is 0 Å². The van der Waals surface area contributed by atoms with Crippen LogP contribution in [0, 0.1) is 17.8 Å². The Morgan fingerprint density at radius 2 is 1.46 bits per heavy atom. The Morgan fingerprint density at radius 3 is 1.77 bits per heavy atom. The molecule has 2 heteroatoms. The number of rotatable bonds is 5. The predicted molar refractivity (Wildman–Crippen MR) is 53.5 cm³/mol. The highest BCUT2D eigenvalue weighted by Gasteiger charge is 2.23. The minimum Gasteiger partial charge on any atom is -0.299 e. The molecule has 2 nitrogen and oxygen atoms in total. The van der Waals surface area contributed by atoms with Crippen LogP contribution in [0.4, 0.5) is 0 Å². The molecule has 0 rings (SSSR count). The Bertz CT molecular complexity index is 192. The molecule has 0 saturated carbocycles. The van der Waals surface area contributed by atoms with E-state index in [4.69, 9.17) is 0 Å². The second-order valence-corrected chi connectivity index (χ2v) is 4.34. The van der Waals surface area contributed by atoms with E-state index in [9.17, 15) is 9.59 Å². The van der Waals surface area contributed by atoms with E-state index in [2.05, 4.69) is 0 Å². The highest BCUT2D eigenvalue weighted by Crippen LogP contribution is 2.12. The third-order valence-electron chi connectivity index (χ3n) is 2.09. The molecule has 0 spiro atoms. The molecule has 0 heterocycles. The van der Waals surface area contributed by atoms with Crippen LogP contribution in [0.2, 0.25) is 0 Å². The summed E-state index contributed by atoms with van der Waals surface area (Å²) in [6.07, 6.45) is 0.514. The molecule has 0 aliphatic heterocycles. The maximum absolute atomic E-state index is 11.5. The van der Waals surface area contributed by atoms with Crippen LogP contribution >= 0.6 is 0 Å². The zero-order chi connectivity index (χ0) is 10.6. The van der Waals surface area contributed by atoms with Gasteiger partial charge in [0.25, 0.3) is 0 Å². The van der Waals surface area contributed by atoms with Gasteiger partial charge < -0.3 is 0 Å². The molecule has 0 N–H and O–H groups in total. The van der Waals surface area contributed by atoms with Gasteiger partial charge in [-0.2, -0.15) is 0 Å². The first kappa shape index (κ1) is 12.3. The summed E-state index contributed by atoms with van der Waals surface area (Å²) in [5, 5.41) is 0. The Hall–Kier alpha value is -0.660. The summed E-state index contributed by atoms with van der Waals surface area (Å²) < 4.78 is 0. The van der Waals surface area contributed by atoms with Gasteiger partial charge in [-0.15, -0.1) is 0 Å². The van der Waals surface area contributed by atoms with Crippen molar-refractivity contribution in [3.05, 3.63) is 0 Å². The van der Waals surface area contributed by atoms with E-state index in [1.165, 1.54) is 0 Å². The van der Waals surface area contributed by atoms with E-state index in [1.54, 1.807) is 6.92 Å². The maximum Gasteiger partial charge on any atom is 0.145 e. The third kappa shape index (κ3) is 4.20. The lowest BCUT2D eigenvalue weighted by Gasteiger charge is -2.12. The second kappa shape index (κ2) is 5.15. The van der Waals surface area contributed by atoms with Crippen LogP contribution in [0.25, 0.3) is 0 Å². The van der Waals surface area contributed by atoms with E-state index in [1.807, 2.05) is 27.7 Å². The van der Waals surface area contributed by atoms with Crippen molar-refractivity contribution < 1.29 is 9.59 Å². The minimum atomic E-state index is -0.414. The van der Waals surface area contributed by atoms with Gasteiger partial charge in [0, 0.05) is 12.3 Å². The molecule has 0 bridgehead atoms. The first-order chi connectivity index (χ1) is 5.86.